The van der Waals surface area contributed by atoms with Gasteiger partial charge in [0.2, 0.25) is 11.9 Å². The molecule has 0 aliphatic carbocycles. The summed E-state index contributed by atoms with van der Waals surface area (Å²) in [6, 6.07) is 2.41. The molecule has 6 nitrogen and oxygen atoms in total. The average Bonchev–Trinajstić information content (AvgIpc) is 2.91. The predicted molar refractivity (Wildman–Crippen MR) is 72.4 cm³/mol. The summed E-state index contributed by atoms with van der Waals surface area (Å²) in [5.41, 5.74) is 1.31. The van der Waals surface area contributed by atoms with Gasteiger partial charge in [0.1, 0.15) is 0 Å². The third-order valence-corrected chi connectivity index (χ3v) is 3.03. The number of rotatable bonds is 6. The fraction of sp³-hybridized carbons (Fsp3) is 0.364. The first kappa shape index (κ1) is 12.6. The zero-order valence-electron chi connectivity index (χ0n) is 10.3. The zero-order chi connectivity index (χ0) is 12.8. The minimum Gasteiger partial charge on any atom is -0.467 e. The van der Waals surface area contributed by atoms with E-state index in [0.717, 1.165) is 13.0 Å². The van der Waals surface area contributed by atoms with Crippen molar-refractivity contribution in [1.82, 2.24) is 15.0 Å². The van der Waals surface area contributed by atoms with Crippen LogP contribution in [0.15, 0.2) is 16.8 Å². The van der Waals surface area contributed by atoms with Gasteiger partial charge in [0.25, 0.3) is 0 Å². The molecule has 2 heterocycles. The Balaban J connectivity index is 1.95. The highest BCUT2D eigenvalue weighted by Gasteiger charge is 2.05. The van der Waals surface area contributed by atoms with E-state index in [1.54, 1.807) is 18.4 Å². The van der Waals surface area contributed by atoms with Gasteiger partial charge in [-0.15, -0.1) is 0 Å². The normalized spacial score (nSPS) is 10.1. The predicted octanol–water partition coefficient (Wildman–Crippen LogP) is 1.64. The molecule has 7 heteroatoms. The summed E-state index contributed by atoms with van der Waals surface area (Å²) < 4.78 is 5.01. The van der Waals surface area contributed by atoms with E-state index in [-0.39, 0.29) is 0 Å². The molecule has 2 aromatic heterocycles. The summed E-state index contributed by atoms with van der Waals surface area (Å²) in [6.07, 6.45) is 0.937. The molecule has 0 unspecified atom stereocenters. The Kier molecular flexibility index (Phi) is 4.30. The maximum absolute atomic E-state index is 5.01. The lowest BCUT2D eigenvalue weighted by Gasteiger charge is -2.07. The van der Waals surface area contributed by atoms with Crippen molar-refractivity contribution in [2.75, 3.05) is 31.3 Å². The highest BCUT2D eigenvalue weighted by Crippen LogP contribution is 2.11. The van der Waals surface area contributed by atoms with Crippen LogP contribution in [0.1, 0.15) is 5.56 Å². The number of methoxy groups -OCH3 is 1. The summed E-state index contributed by atoms with van der Waals surface area (Å²) in [4.78, 5) is 12.4. The zero-order valence-corrected chi connectivity index (χ0v) is 11.1. The van der Waals surface area contributed by atoms with E-state index in [4.69, 9.17) is 4.74 Å². The number of anilines is 2. The first-order valence-electron chi connectivity index (χ1n) is 5.54. The van der Waals surface area contributed by atoms with Crippen molar-refractivity contribution < 1.29 is 4.74 Å². The molecule has 0 spiro atoms. The third-order valence-electron chi connectivity index (χ3n) is 2.30. The van der Waals surface area contributed by atoms with Crippen molar-refractivity contribution in [3.8, 4) is 6.01 Å². The van der Waals surface area contributed by atoms with Gasteiger partial charge in [-0.2, -0.15) is 26.3 Å². The highest BCUT2D eigenvalue weighted by molar-refractivity contribution is 7.07. The first-order chi connectivity index (χ1) is 8.81. The average molecular weight is 265 g/mol. The van der Waals surface area contributed by atoms with Gasteiger partial charge < -0.3 is 15.4 Å². The van der Waals surface area contributed by atoms with Crippen LogP contribution in [0.5, 0.6) is 6.01 Å². The Morgan fingerprint density at radius 1 is 1.28 bits per heavy atom. The summed E-state index contributed by atoms with van der Waals surface area (Å²) in [5, 5.41) is 10.2. The van der Waals surface area contributed by atoms with Crippen LogP contribution in [-0.2, 0) is 6.42 Å². The number of aromatic nitrogens is 3. The van der Waals surface area contributed by atoms with Crippen molar-refractivity contribution in [2.24, 2.45) is 0 Å². The second kappa shape index (κ2) is 6.15. The number of thiophene rings is 1. The summed E-state index contributed by atoms with van der Waals surface area (Å²) in [7, 11) is 3.29. The SMILES string of the molecule is CNc1nc(NCCc2ccsc2)nc(OC)n1. The van der Waals surface area contributed by atoms with Gasteiger partial charge in [0.15, 0.2) is 0 Å². The van der Waals surface area contributed by atoms with Gasteiger partial charge in [-0.25, -0.2) is 0 Å². The quantitative estimate of drug-likeness (QED) is 0.827. The molecule has 0 aliphatic rings. The molecular formula is C11H15N5OS. The lowest BCUT2D eigenvalue weighted by atomic mass is 10.2. The van der Waals surface area contributed by atoms with E-state index in [1.807, 2.05) is 0 Å². The molecule has 0 bridgehead atoms. The van der Waals surface area contributed by atoms with Crippen LogP contribution in [0.2, 0.25) is 0 Å². The molecule has 2 aromatic rings. The van der Waals surface area contributed by atoms with Gasteiger partial charge in [0, 0.05) is 13.6 Å². The smallest absolute Gasteiger partial charge is 0.322 e. The number of hydrogen-bond acceptors (Lipinski definition) is 7. The van der Waals surface area contributed by atoms with Crippen LogP contribution in [0.3, 0.4) is 0 Å². The maximum Gasteiger partial charge on any atom is 0.322 e. The lowest BCUT2D eigenvalue weighted by molar-refractivity contribution is 0.379. The minimum absolute atomic E-state index is 0.299. The number of hydrogen-bond donors (Lipinski definition) is 2. The number of ether oxygens (including phenoxy) is 1. The molecular weight excluding hydrogens is 250 g/mol. The molecule has 0 amide bonds. The number of nitrogens with one attached hydrogen (secondary N) is 2. The highest BCUT2D eigenvalue weighted by atomic mass is 32.1. The second-order valence-corrected chi connectivity index (χ2v) is 4.31. The van der Waals surface area contributed by atoms with Crippen LogP contribution >= 0.6 is 11.3 Å². The lowest BCUT2D eigenvalue weighted by Crippen LogP contribution is -2.10. The van der Waals surface area contributed by atoms with Crippen molar-refractivity contribution in [2.45, 2.75) is 6.42 Å². The van der Waals surface area contributed by atoms with Gasteiger partial charge in [-0.3, -0.25) is 0 Å². The monoisotopic (exact) mass is 265 g/mol. The fourth-order valence-corrected chi connectivity index (χ4v) is 2.10. The Hall–Kier alpha value is -1.89. The van der Waals surface area contributed by atoms with Crippen LogP contribution < -0.4 is 15.4 Å². The van der Waals surface area contributed by atoms with E-state index in [0.29, 0.717) is 17.9 Å². The van der Waals surface area contributed by atoms with Gasteiger partial charge >= 0.3 is 6.01 Å². The van der Waals surface area contributed by atoms with Gasteiger partial charge in [0.05, 0.1) is 7.11 Å². The van der Waals surface area contributed by atoms with Crippen molar-refractivity contribution >= 4 is 23.2 Å². The Bertz CT molecular complexity index is 466. The molecule has 0 atom stereocenters. The van der Waals surface area contributed by atoms with E-state index >= 15 is 0 Å². The molecule has 0 fully saturated rings. The molecule has 0 aromatic carbocycles. The molecule has 18 heavy (non-hydrogen) atoms. The van der Waals surface area contributed by atoms with E-state index in [1.165, 1.54) is 12.7 Å². The Morgan fingerprint density at radius 3 is 2.78 bits per heavy atom. The van der Waals surface area contributed by atoms with Crippen molar-refractivity contribution in [3.63, 3.8) is 0 Å². The van der Waals surface area contributed by atoms with Crippen LogP contribution in [0, 0.1) is 0 Å². The fourth-order valence-electron chi connectivity index (χ4n) is 1.39. The van der Waals surface area contributed by atoms with E-state index < -0.39 is 0 Å². The van der Waals surface area contributed by atoms with Crippen LogP contribution in [0.25, 0.3) is 0 Å². The van der Waals surface area contributed by atoms with Gasteiger partial charge in [-0.1, -0.05) is 0 Å². The molecule has 0 radical (unpaired) electrons. The van der Waals surface area contributed by atoms with Gasteiger partial charge in [-0.05, 0) is 28.8 Å². The van der Waals surface area contributed by atoms with E-state index in [9.17, 15) is 0 Å². The molecule has 2 N–H and O–H groups in total. The van der Waals surface area contributed by atoms with Crippen LogP contribution in [-0.4, -0.2) is 35.7 Å². The molecule has 0 saturated carbocycles. The van der Waals surface area contributed by atoms with Crippen molar-refractivity contribution in [1.29, 1.82) is 0 Å². The minimum atomic E-state index is 0.299. The number of nitrogens with zero attached hydrogens (tertiary/aromatic N) is 3. The Labute approximate surface area is 109 Å². The standard InChI is InChI=1S/C11H15N5OS/c1-12-9-14-10(16-11(15-9)17-2)13-5-3-8-4-6-18-7-8/h4,6-7H,3,5H2,1-2H3,(H2,12,13,14,15,16). The first-order valence-corrected chi connectivity index (χ1v) is 6.49. The molecule has 0 aliphatic heterocycles. The largest absolute Gasteiger partial charge is 0.467 e. The molecule has 0 saturated heterocycles. The summed E-state index contributed by atoms with van der Waals surface area (Å²) >= 11 is 1.70. The van der Waals surface area contributed by atoms with Crippen molar-refractivity contribution in [3.05, 3.63) is 22.4 Å². The summed E-state index contributed by atoms with van der Waals surface area (Å²) in [6.45, 7) is 0.771. The summed E-state index contributed by atoms with van der Waals surface area (Å²) in [5.74, 6) is 1.00. The third kappa shape index (κ3) is 3.30. The van der Waals surface area contributed by atoms with E-state index in [2.05, 4.69) is 42.4 Å². The molecule has 96 valence electrons. The second-order valence-electron chi connectivity index (χ2n) is 3.53. The Morgan fingerprint density at radius 2 is 2.11 bits per heavy atom. The topological polar surface area (TPSA) is 72.0 Å². The maximum atomic E-state index is 5.01. The molecule has 2 rings (SSSR count). The van der Waals surface area contributed by atoms with Crippen LogP contribution in [0.4, 0.5) is 11.9 Å².